The van der Waals surface area contributed by atoms with Gasteiger partial charge in [-0.2, -0.15) is 4.39 Å². The molecule has 27 heavy (non-hydrogen) atoms. The van der Waals surface area contributed by atoms with Gasteiger partial charge in [0.15, 0.2) is 0 Å². The lowest BCUT2D eigenvalue weighted by Gasteiger charge is -2.11. The third kappa shape index (κ3) is 3.43. The fourth-order valence-electron chi connectivity index (χ4n) is 2.68. The highest BCUT2D eigenvalue weighted by molar-refractivity contribution is 6.06. The number of nitrogen functional groups attached to an aromatic ring is 1. The monoisotopic (exact) mass is 359 g/mol. The first-order chi connectivity index (χ1) is 13.1. The Hall–Kier alpha value is -3.87. The summed E-state index contributed by atoms with van der Waals surface area (Å²) in [5, 5.41) is 4.49. The standard InChI is InChI=1S/C20H14FN5O/c21-19-4-2-14(10-25-19)12-1-3-16(22)17(7-12)26-20(27)18-8-13-5-6-23-9-15(13)11-24-18/h1-11H,22H2,(H,26,27). The van der Waals surface area contributed by atoms with Crippen molar-refractivity contribution in [2.75, 3.05) is 11.1 Å². The minimum Gasteiger partial charge on any atom is -0.397 e. The van der Waals surface area contributed by atoms with Crippen molar-refractivity contribution in [3.05, 3.63) is 78.9 Å². The predicted molar refractivity (Wildman–Crippen MR) is 102 cm³/mol. The first-order valence-electron chi connectivity index (χ1n) is 8.13. The molecule has 0 saturated heterocycles. The number of nitrogens with two attached hydrogens (primary N) is 1. The quantitative estimate of drug-likeness (QED) is 0.430. The molecular weight excluding hydrogens is 345 g/mol. The van der Waals surface area contributed by atoms with Crippen LogP contribution in [0.3, 0.4) is 0 Å². The maximum absolute atomic E-state index is 13.0. The molecule has 132 valence electrons. The number of amides is 1. The van der Waals surface area contributed by atoms with Crippen LogP contribution in [-0.2, 0) is 0 Å². The van der Waals surface area contributed by atoms with E-state index in [2.05, 4.69) is 20.3 Å². The van der Waals surface area contributed by atoms with Crippen molar-refractivity contribution in [1.82, 2.24) is 15.0 Å². The molecule has 3 aromatic heterocycles. The Kier molecular flexibility index (Phi) is 4.18. The van der Waals surface area contributed by atoms with Gasteiger partial charge >= 0.3 is 0 Å². The summed E-state index contributed by atoms with van der Waals surface area (Å²) in [7, 11) is 0. The van der Waals surface area contributed by atoms with Gasteiger partial charge in [-0.1, -0.05) is 6.07 Å². The third-order valence-corrected chi connectivity index (χ3v) is 4.12. The second-order valence-electron chi connectivity index (χ2n) is 5.92. The summed E-state index contributed by atoms with van der Waals surface area (Å²) in [6, 6.07) is 11.6. The fraction of sp³-hybridized carbons (Fsp3) is 0. The second-order valence-corrected chi connectivity index (χ2v) is 5.92. The molecule has 0 aliphatic carbocycles. The molecule has 4 aromatic rings. The number of fused-ring (bicyclic) bond motifs is 1. The van der Waals surface area contributed by atoms with Crippen molar-refractivity contribution in [3.63, 3.8) is 0 Å². The van der Waals surface area contributed by atoms with Crippen LogP contribution in [0.4, 0.5) is 15.8 Å². The summed E-state index contributed by atoms with van der Waals surface area (Å²) < 4.78 is 13.0. The maximum atomic E-state index is 13.0. The topological polar surface area (TPSA) is 93.8 Å². The molecule has 3 N–H and O–H groups in total. The van der Waals surface area contributed by atoms with Gasteiger partial charge in [0.05, 0.1) is 11.4 Å². The molecule has 1 amide bonds. The predicted octanol–water partition coefficient (Wildman–Crippen LogP) is 3.67. The first kappa shape index (κ1) is 16.6. The van der Waals surface area contributed by atoms with Gasteiger partial charge in [0.1, 0.15) is 5.69 Å². The molecule has 0 atom stereocenters. The van der Waals surface area contributed by atoms with Crippen molar-refractivity contribution in [3.8, 4) is 11.1 Å². The molecule has 4 rings (SSSR count). The Morgan fingerprint density at radius 2 is 1.78 bits per heavy atom. The first-order valence-corrected chi connectivity index (χ1v) is 8.13. The van der Waals surface area contributed by atoms with Crippen molar-refractivity contribution < 1.29 is 9.18 Å². The van der Waals surface area contributed by atoms with Crippen LogP contribution in [-0.4, -0.2) is 20.9 Å². The van der Waals surface area contributed by atoms with E-state index in [1.54, 1.807) is 48.9 Å². The zero-order valence-corrected chi connectivity index (χ0v) is 14.1. The summed E-state index contributed by atoms with van der Waals surface area (Å²) in [5.41, 5.74) is 8.57. The van der Waals surface area contributed by atoms with Crippen LogP contribution < -0.4 is 11.1 Å². The van der Waals surface area contributed by atoms with Crippen LogP contribution >= 0.6 is 0 Å². The Morgan fingerprint density at radius 1 is 0.926 bits per heavy atom. The van der Waals surface area contributed by atoms with Gasteiger partial charge in [-0.3, -0.25) is 14.8 Å². The number of nitrogens with one attached hydrogen (secondary N) is 1. The Balaban J connectivity index is 1.63. The van der Waals surface area contributed by atoms with E-state index in [9.17, 15) is 9.18 Å². The molecule has 1 aromatic carbocycles. The number of halogens is 1. The highest BCUT2D eigenvalue weighted by atomic mass is 19.1. The van der Waals surface area contributed by atoms with Crippen LogP contribution in [0.1, 0.15) is 10.5 Å². The molecule has 0 fully saturated rings. The van der Waals surface area contributed by atoms with Crippen LogP contribution in [0.15, 0.2) is 67.3 Å². The third-order valence-electron chi connectivity index (χ3n) is 4.12. The van der Waals surface area contributed by atoms with E-state index in [4.69, 9.17) is 5.73 Å². The highest BCUT2D eigenvalue weighted by Crippen LogP contribution is 2.27. The van der Waals surface area contributed by atoms with E-state index in [0.717, 1.165) is 16.3 Å². The van der Waals surface area contributed by atoms with Gasteiger partial charge in [-0.15, -0.1) is 0 Å². The lowest BCUT2D eigenvalue weighted by molar-refractivity contribution is 0.102. The van der Waals surface area contributed by atoms with Crippen molar-refractivity contribution >= 4 is 28.1 Å². The number of hydrogen-bond acceptors (Lipinski definition) is 5. The number of carbonyl (C=O) groups excluding carboxylic acids is 1. The number of rotatable bonds is 3. The van der Waals surface area contributed by atoms with Crippen LogP contribution in [0.5, 0.6) is 0 Å². The minimum atomic E-state index is -0.555. The summed E-state index contributed by atoms with van der Waals surface area (Å²) in [4.78, 5) is 24.4. The van der Waals surface area contributed by atoms with E-state index < -0.39 is 5.95 Å². The van der Waals surface area contributed by atoms with Gasteiger partial charge in [-0.05, 0) is 47.3 Å². The van der Waals surface area contributed by atoms with Crippen LogP contribution in [0, 0.1) is 5.95 Å². The van der Waals surface area contributed by atoms with Gasteiger partial charge in [0.2, 0.25) is 5.95 Å². The van der Waals surface area contributed by atoms with Gasteiger partial charge in [-0.25, -0.2) is 4.98 Å². The summed E-state index contributed by atoms with van der Waals surface area (Å²) in [6.07, 6.45) is 6.36. The van der Waals surface area contributed by atoms with Crippen LogP contribution in [0.25, 0.3) is 21.9 Å². The average molecular weight is 359 g/mol. The fourth-order valence-corrected chi connectivity index (χ4v) is 2.68. The molecule has 3 heterocycles. The van der Waals surface area contributed by atoms with E-state index >= 15 is 0 Å². The number of aromatic nitrogens is 3. The molecule has 0 aliphatic rings. The molecule has 7 heteroatoms. The smallest absolute Gasteiger partial charge is 0.274 e. The molecule has 0 radical (unpaired) electrons. The van der Waals surface area contributed by atoms with Gasteiger partial charge in [0.25, 0.3) is 5.91 Å². The van der Waals surface area contributed by atoms with Crippen molar-refractivity contribution in [1.29, 1.82) is 0 Å². The van der Waals surface area contributed by atoms with Crippen molar-refractivity contribution in [2.24, 2.45) is 0 Å². The molecule has 0 spiro atoms. The number of hydrogen-bond donors (Lipinski definition) is 2. The zero-order chi connectivity index (χ0) is 18.8. The number of anilines is 2. The molecular formula is C20H14FN5O. The zero-order valence-electron chi connectivity index (χ0n) is 14.1. The van der Waals surface area contributed by atoms with Gasteiger partial charge in [0, 0.05) is 35.7 Å². The number of benzene rings is 1. The van der Waals surface area contributed by atoms with Gasteiger partial charge < -0.3 is 11.1 Å². The lowest BCUT2D eigenvalue weighted by Crippen LogP contribution is -2.14. The second kappa shape index (κ2) is 6.80. The lowest BCUT2D eigenvalue weighted by atomic mass is 10.1. The Labute approximate surface area is 153 Å². The summed E-state index contributed by atoms with van der Waals surface area (Å²) in [6.45, 7) is 0. The molecule has 0 saturated carbocycles. The highest BCUT2D eigenvalue weighted by Gasteiger charge is 2.12. The van der Waals surface area contributed by atoms with Crippen molar-refractivity contribution in [2.45, 2.75) is 0 Å². The maximum Gasteiger partial charge on any atom is 0.274 e. The van der Waals surface area contributed by atoms with E-state index in [1.165, 1.54) is 12.3 Å². The summed E-state index contributed by atoms with van der Waals surface area (Å²) >= 11 is 0. The molecule has 6 nitrogen and oxygen atoms in total. The van der Waals surface area contributed by atoms with Crippen LogP contribution in [0.2, 0.25) is 0 Å². The average Bonchev–Trinajstić information content (AvgIpc) is 2.70. The largest absolute Gasteiger partial charge is 0.397 e. The normalized spacial score (nSPS) is 10.7. The Morgan fingerprint density at radius 3 is 2.59 bits per heavy atom. The van der Waals surface area contributed by atoms with E-state index in [-0.39, 0.29) is 11.6 Å². The van der Waals surface area contributed by atoms with E-state index in [1.807, 2.05) is 6.07 Å². The molecule has 0 bridgehead atoms. The van der Waals surface area contributed by atoms with E-state index in [0.29, 0.717) is 16.9 Å². The SMILES string of the molecule is Nc1ccc(-c2ccc(F)nc2)cc1NC(=O)c1cc2ccncc2cn1. The Bertz CT molecular complexity index is 1140. The molecule has 0 unspecified atom stereocenters. The summed E-state index contributed by atoms with van der Waals surface area (Å²) in [5.74, 6) is -0.935. The molecule has 0 aliphatic heterocycles. The number of carbonyl (C=O) groups is 1. The number of pyridine rings is 3. The number of nitrogens with zero attached hydrogens (tertiary/aromatic N) is 3. The minimum absolute atomic E-state index is 0.266.